The normalized spacial score (nSPS) is 19.2. The Morgan fingerprint density at radius 1 is 1.44 bits per heavy atom. The number of carbonyl (C=O) groups excluding carboxylic acids is 1. The van der Waals surface area contributed by atoms with Crippen molar-refractivity contribution < 1.29 is 18.3 Å². The summed E-state index contributed by atoms with van der Waals surface area (Å²) in [6, 6.07) is 1.86. The van der Waals surface area contributed by atoms with E-state index < -0.39 is 17.5 Å². The van der Waals surface area contributed by atoms with Gasteiger partial charge in [-0.15, -0.1) is 0 Å². The van der Waals surface area contributed by atoms with Crippen molar-refractivity contribution in [2.24, 2.45) is 5.92 Å². The molecule has 7 heteroatoms. The molecule has 136 valence electrons. The molecule has 0 bridgehead atoms. The molecule has 0 amide bonds. The minimum absolute atomic E-state index is 0.0153. The predicted molar refractivity (Wildman–Crippen MR) is 87.4 cm³/mol. The van der Waals surface area contributed by atoms with Crippen LogP contribution in [0.15, 0.2) is 4.79 Å². The molecule has 0 saturated heterocycles. The lowest BCUT2D eigenvalue weighted by Crippen LogP contribution is -2.29. The van der Waals surface area contributed by atoms with Crippen LogP contribution in [-0.2, 0) is 16.0 Å². The van der Waals surface area contributed by atoms with E-state index in [-0.39, 0.29) is 37.4 Å². The fraction of sp³-hybridized carbons (Fsp3) is 0.611. The molecule has 0 spiro atoms. The van der Waals surface area contributed by atoms with E-state index >= 15 is 0 Å². The second-order valence-corrected chi connectivity index (χ2v) is 6.67. The standard InChI is InChI=1S/C18H22F2N2O3/c1-11-14(12(2)22-17(24)15(11)9-21)5-6-16(23)25-10-13-4-3-7-18(19,20)8-13/h13H,3-8,10H2,1-2H3,(H,22,24). The van der Waals surface area contributed by atoms with Crippen molar-refractivity contribution in [3.63, 3.8) is 0 Å². The maximum atomic E-state index is 13.3. The average molecular weight is 352 g/mol. The van der Waals surface area contributed by atoms with Crippen molar-refractivity contribution in [3.8, 4) is 6.07 Å². The zero-order valence-corrected chi connectivity index (χ0v) is 14.5. The van der Waals surface area contributed by atoms with Crippen molar-refractivity contribution in [1.29, 1.82) is 5.26 Å². The number of rotatable bonds is 5. The Labute approximate surface area is 145 Å². The highest BCUT2D eigenvalue weighted by molar-refractivity contribution is 5.70. The summed E-state index contributed by atoms with van der Waals surface area (Å²) in [5.41, 5.74) is 1.50. The second kappa shape index (κ2) is 7.77. The summed E-state index contributed by atoms with van der Waals surface area (Å²) >= 11 is 0. The Bertz CT molecular complexity index is 750. The molecule has 0 aromatic carbocycles. The summed E-state index contributed by atoms with van der Waals surface area (Å²) in [4.78, 5) is 26.2. The van der Waals surface area contributed by atoms with Crippen LogP contribution in [0, 0.1) is 31.1 Å². The summed E-state index contributed by atoms with van der Waals surface area (Å²) in [5.74, 6) is -3.42. The van der Waals surface area contributed by atoms with E-state index in [0.29, 0.717) is 30.5 Å². The lowest BCUT2D eigenvalue weighted by atomic mass is 9.87. The van der Waals surface area contributed by atoms with Crippen LogP contribution in [0.5, 0.6) is 0 Å². The van der Waals surface area contributed by atoms with Gasteiger partial charge in [-0.1, -0.05) is 0 Å². The molecule has 0 aliphatic heterocycles. The number of nitrogens with zero attached hydrogens (tertiary/aromatic N) is 1. The quantitative estimate of drug-likeness (QED) is 0.825. The van der Waals surface area contributed by atoms with Gasteiger partial charge >= 0.3 is 5.97 Å². The van der Waals surface area contributed by atoms with E-state index in [4.69, 9.17) is 10.00 Å². The molecule has 25 heavy (non-hydrogen) atoms. The Morgan fingerprint density at radius 3 is 2.80 bits per heavy atom. The molecule has 0 radical (unpaired) electrons. The van der Waals surface area contributed by atoms with Gasteiger partial charge in [-0.05, 0) is 50.2 Å². The monoisotopic (exact) mass is 352 g/mol. The zero-order chi connectivity index (χ0) is 18.6. The van der Waals surface area contributed by atoms with Crippen molar-refractivity contribution in [1.82, 2.24) is 4.98 Å². The van der Waals surface area contributed by atoms with Crippen molar-refractivity contribution in [2.45, 2.75) is 58.3 Å². The van der Waals surface area contributed by atoms with Gasteiger partial charge in [-0.3, -0.25) is 9.59 Å². The fourth-order valence-electron chi connectivity index (χ4n) is 3.35. The third kappa shape index (κ3) is 4.88. The fourth-order valence-corrected chi connectivity index (χ4v) is 3.35. The Kier molecular flexibility index (Phi) is 5.93. The largest absolute Gasteiger partial charge is 0.465 e. The van der Waals surface area contributed by atoms with E-state index in [2.05, 4.69) is 4.98 Å². The number of alkyl halides is 2. The Hall–Kier alpha value is -2.23. The first kappa shape index (κ1) is 19.1. The number of aromatic amines is 1. The molecule has 5 nitrogen and oxygen atoms in total. The number of carbonyl (C=O) groups is 1. The molecular formula is C18H22F2N2O3. The topological polar surface area (TPSA) is 83.0 Å². The molecule has 1 aromatic heterocycles. The van der Waals surface area contributed by atoms with E-state index in [0.717, 1.165) is 5.56 Å². The average Bonchev–Trinajstić information content (AvgIpc) is 2.52. The highest BCUT2D eigenvalue weighted by Gasteiger charge is 2.36. The Balaban J connectivity index is 1.91. The van der Waals surface area contributed by atoms with E-state index in [9.17, 15) is 18.4 Å². The predicted octanol–water partition coefficient (Wildman–Crippen LogP) is 3.16. The molecular weight excluding hydrogens is 330 g/mol. The molecule has 1 unspecified atom stereocenters. The van der Waals surface area contributed by atoms with Crippen LogP contribution >= 0.6 is 0 Å². The highest BCUT2D eigenvalue weighted by Crippen LogP contribution is 2.36. The molecule has 1 aliphatic rings. The summed E-state index contributed by atoms with van der Waals surface area (Å²) in [5, 5.41) is 9.04. The first-order valence-corrected chi connectivity index (χ1v) is 8.39. The summed E-state index contributed by atoms with van der Waals surface area (Å²) in [6.45, 7) is 3.40. The number of ether oxygens (including phenoxy) is 1. The number of H-pyrrole nitrogens is 1. The molecule has 1 fully saturated rings. The molecule has 1 heterocycles. The minimum atomic E-state index is -2.66. The molecule has 1 N–H and O–H groups in total. The van der Waals surface area contributed by atoms with Gasteiger partial charge in [0, 0.05) is 25.0 Å². The number of nitriles is 1. The number of hydrogen-bond donors (Lipinski definition) is 1. The first-order chi connectivity index (χ1) is 11.7. The van der Waals surface area contributed by atoms with Crippen LogP contribution in [0.25, 0.3) is 0 Å². The van der Waals surface area contributed by atoms with E-state index in [1.54, 1.807) is 13.8 Å². The van der Waals surface area contributed by atoms with Crippen LogP contribution in [0.1, 0.15) is 54.5 Å². The van der Waals surface area contributed by atoms with E-state index in [1.807, 2.05) is 6.07 Å². The molecule has 1 aliphatic carbocycles. The number of aromatic nitrogens is 1. The summed E-state index contributed by atoms with van der Waals surface area (Å²) in [7, 11) is 0. The minimum Gasteiger partial charge on any atom is -0.465 e. The van der Waals surface area contributed by atoms with Gasteiger partial charge in [0.15, 0.2) is 0 Å². The van der Waals surface area contributed by atoms with Gasteiger partial charge in [-0.25, -0.2) is 8.78 Å². The third-order valence-corrected chi connectivity index (χ3v) is 4.72. The van der Waals surface area contributed by atoms with E-state index in [1.165, 1.54) is 0 Å². The molecule has 1 aromatic rings. The SMILES string of the molecule is Cc1[nH]c(=O)c(C#N)c(C)c1CCC(=O)OCC1CCCC(F)(F)C1. The molecule has 1 atom stereocenters. The third-order valence-electron chi connectivity index (χ3n) is 4.72. The van der Waals surface area contributed by atoms with Gasteiger partial charge in [0.05, 0.1) is 6.61 Å². The zero-order valence-electron chi connectivity index (χ0n) is 14.5. The Morgan fingerprint density at radius 2 is 2.16 bits per heavy atom. The van der Waals surface area contributed by atoms with Crippen molar-refractivity contribution in [3.05, 3.63) is 32.7 Å². The van der Waals surface area contributed by atoms with Crippen LogP contribution in [-0.4, -0.2) is 23.5 Å². The van der Waals surface area contributed by atoms with Gasteiger partial charge in [-0.2, -0.15) is 5.26 Å². The van der Waals surface area contributed by atoms with Gasteiger partial charge in [0.25, 0.3) is 5.56 Å². The summed E-state index contributed by atoms with van der Waals surface area (Å²) < 4.78 is 31.8. The van der Waals surface area contributed by atoms with Crippen molar-refractivity contribution in [2.75, 3.05) is 6.61 Å². The second-order valence-electron chi connectivity index (χ2n) is 6.67. The number of pyridine rings is 1. The number of halogens is 2. The van der Waals surface area contributed by atoms with Gasteiger partial charge in [0.2, 0.25) is 5.92 Å². The van der Waals surface area contributed by atoms with Crippen LogP contribution in [0.4, 0.5) is 8.78 Å². The lowest BCUT2D eigenvalue weighted by molar-refractivity contribution is -0.147. The van der Waals surface area contributed by atoms with Gasteiger partial charge < -0.3 is 9.72 Å². The van der Waals surface area contributed by atoms with Crippen LogP contribution in [0.2, 0.25) is 0 Å². The number of nitrogens with one attached hydrogen (secondary N) is 1. The molecule has 1 saturated carbocycles. The van der Waals surface area contributed by atoms with Crippen molar-refractivity contribution >= 4 is 5.97 Å². The first-order valence-electron chi connectivity index (χ1n) is 8.39. The highest BCUT2D eigenvalue weighted by atomic mass is 19.3. The van der Waals surface area contributed by atoms with Crippen LogP contribution in [0.3, 0.4) is 0 Å². The van der Waals surface area contributed by atoms with Gasteiger partial charge in [0.1, 0.15) is 11.6 Å². The summed E-state index contributed by atoms with van der Waals surface area (Å²) in [6.07, 6.45) is 1.16. The number of aryl methyl sites for hydroxylation is 1. The lowest BCUT2D eigenvalue weighted by Gasteiger charge is -2.28. The molecule has 2 rings (SSSR count). The number of esters is 1. The van der Waals surface area contributed by atoms with Crippen LogP contribution < -0.4 is 5.56 Å². The maximum absolute atomic E-state index is 13.3. The maximum Gasteiger partial charge on any atom is 0.306 e. The smallest absolute Gasteiger partial charge is 0.306 e. The number of hydrogen-bond acceptors (Lipinski definition) is 4.